The Bertz CT molecular complexity index is 874. The number of nitrogens with one attached hydrogen (secondary N) is 1. The highest BCUT2D eigenvalue weighted by Gasteiger charge is 2.38. The van der Waals surface area contributed by atoms with Crippen molar-refractivity contribution >= 4 is 15.7 Å². The molecule has 0 heterocycles. The van der Waals surface area contributed by atoms with Gasteiger partial charge >= 0.3 is 12.4 Å². The SMILES string of the molecule is O=S(=O)(Nc1cccc(CO)c1)c1cc(C(F)(F)F)cc(C(F)(F)F)c1. The Morgan fingerprint density at radius 3 is 1.88 bits per heavy atom. The quantitative estimate of drug-likeness (QED) is 0.764. The van der Waals surface area contributed by atoms with E-state index in [4.69, 9.17) is 5.11 Å². The summed E-state index contributed by atoms with van der Waals surface area (Å²) in [5, 5.41) is 9.00. The number of aliphatic hydroxyl groups is 1. The van der Waals surface area contributed by atoms with Gasteiger partial charge in [-0.2, -0.15) is 26.3 Å². The lowest BCUT2D eigenvalue weighted by Gasteiger charge is -2.15. The molecule has 26 heavy (non-hydrogen) atoms. The third kappa shape index (κ3) is 4.67. The average molecular weight is 399 g/mol. The zero-order chi connectivity index (χ0) is 19.8. The fraction of sp³-hybridized carbons (Fsp3) is 0.200. The number of sulfonamides is 1. The molecule has 0 amide bonds. The number of aliphatic hydroxyl groups excluding tert-OH is 1. The molecular formula is C15H11F6NO3S. The molecule has 0 atom stereocenters. The predicted octanol–water partition coefficient (Wildman–Crippen LogP) is 4.02. The molecule has 2 rings (SSSR count). The molecule has 0 bridgehead atoms. The van der Waals surface area contributed by atoms with E-state index in [1.165, 1.54) is 24.3 Å². The predicted molar refractivity (Wildman–Crippen MR) is 79.6 cm³/mol. The normalized spacial score (nSPS) is 12.9. The van der Waals surface area contributed by atoms with Gasteiger partial charge in [0.1, 0.15) is 0 Å². The van der Waals surface area contributed by atoms with Gasteiger partial charge in [-0.3, -0.25) is 4.72 Å². The van der Waals surface area contributed by atoms with Crippen molar-refractivity contribution in [2.75, 3.05) is 4.72 Å². The van der Waals surface area contributed by atoms with Crippen molar-refractivity contribution in [1.29, 1.82) is 0 Å². The van der Waals surface area contributed by atoms with E-state index in [1.807, 2.05) is 4.72 Å². The molecule has 0 spiro atoms. The van der Waals surface area contributed by atoms with E-state index in [0.29, 0.717) is 5.56 Å². The van der Waals surface area contributed by atoms with Crippen LogP contribution in [0.4, 0.5) is 32.0 Å². The van der Waals surface area contributed by atoms with E-state index in [9.17, 15) is 34.8 Å². The molecule has 11 heteroatoms. The lowest BCUT2D eigenvalue weighted by Crippen LogP contribution is -2.17. The molecule has 0 unspecified atom stereocenters. The summed E-state index contributed by atoms with van der Waals surface area (Å²) in [5.74, 6) is 0. The number of benzene rings is 2. The van der Waals surface area contributed by atoms with Crippen LogP contribution in [0.15, 0.2) is 47.4 Å². The van der Waals surface area contributed by atoms with Gasteiger partial charge in [-0.1, -0.05) is 12.1 Å². The molecule has 4 nitrogen and oxygen atoms in total. The van der Waals surface area contributed by atoms with E-state index in [2.05, 4.69) is 0 Å². The minimum Gasteiger partial charge on any atom is -0.392 e. The molecule has 0 fully saturated rings. The summed E-state index contributed by atoms with van der Waals surface area (Å²) in [4.78, 5) is -1.19. The van der Waals surface area contributed by atoms with Crippen molar-refractivity contribution in [1.82, 2.24) is 0 Å². The van der Waals surface area contributed by atoms with E-state index >= 15 is 0 Å². The van der Waals surface area contributed by atoms with Crippen LogP contribution in [0.2, 0.25) is 0 Å². The van der Waals surface area contributed by atoms with Gasteiger partial charge in [0.2, 0.25) is 0 Å². The van der Waals surface area contributed by atoms with Gasteiger partial charge in [-0.15, -0.1) is 0 Å². The Morgan fingerprint density at radius 1 is 0.885 bits per heavy atom. The Labute approximate surface area is 144 Å². The van der Waals surface area contributed by atoms with Crippen molar-refractivity contribution in [3.63, 3.8) is 0 Å². The number of hydrogen-bond acceptors (Lipinski definition) is 3. The Morgan fingerprint density at radius 2 is 1.42 bits per heavy atom. The molecule has 2 aromatic rings. The fourth-order valence-corrected chi connectivity index (χ4v) is 3.15. The molecule has 0 aliphatic rings. The third-order valence-corrected chi connectivity index (χ3v) is 4.59. The molecule has 0 aromatic heterocycles. The number of anilines is 1. The van der Waals surface area contributed by atoms with Gasteiger partial charge in [0.25, 0.3) is 10.0 Å². The Balaban J connectivity index is 2.54. The van der Waals surface area contributed by atoms with Crippen molar-refractivity contribution in [3.8, 4) is 0 Å². The Kier molecular flexibility index (Phi) is 5.24. The molecule has 0 aliphatic heterocycles. The van der Waals surface area contributed by atoms with Gasteiger partial charge < -0.3 is 5.11 Å². The lowest BCUT2D eigenvalue weighted by atomic mass is 10.1. The van der Waals surface area contributed by atoms with E-state index < -0.39 is 45.0 Å². The summed E-state index contributed by atoms with van der Waals surface area (Å²) in [5.41, 5.74) is -3.30. The summed E-state index contributed by atoms with van der Waals surface area (Å²) in [7, 11) is -4.74. The van der Waals surface area contributed by atoms with Crippen LogP contribution in [0.3, 0.4) is 0 Å². The summed E-state index contributed by atoms with van der Waals surface area (Å²) in [6, 6.07) is 5.30. The Hall–Kier alpha value is -2.27. The molecule has 0 saturated carbocycles. The average Bonchev–Trinajstić information content (AvgIpc) is 2.52. The first-order valence-corrected chi connectivity index (χ1v) is 8.33. The third-order valence-electron chi connectivity index (χ3n) is 3.23. The zero-order valence-corrected chi connectivity index (χ0v) is 13.5. The maximum absolute atomic E-state index is 12.8. The number of halogens is 6. The minimum absolute atomic E-state index is 0.119. The fourth-order valence-electron chi connectivity index (χ4n) is 2.03. The van der Waals surface area contributed by atoms with Gasteiger partial charge in [0.05, 0.1) is 22.6 Å². The van der Waals surface area contributed by atoms with Crippen LogP contribution in [0.1, 0.15) is 16.7 Å². The first-order valence-electron chi connectivity index (χ1n) is 6.85. The van der Waals surface area contributed by atoms with Crippen LogP contribution < -0.4 is 4.72 Å². The second-order valence-corrected chi connectivity index (χ2v) is 6.89. The molecule has 2 N–H and O–H groups in total. The van der Waals surface area contributed by atoms with Crippen molar-refractivity contribution in [2.24, 2.45) is 0 Å². The van der Waals surface area contributed by atoms with Gasteiger partial charge in [-0.05, 0) is 35.9 Å². The van der Waals surface area contributed by atoms with E-state index in [1.54, 1.807) is 0 Å². The monoisotopic (exact) mass is 399 g/mol. The summed E-state index contributed by atoms with van der Waals surface area (Å²) in [6.07, 6.45) is -10.3. The topological polar surface area (TPSA) is 66.4 Å². The minimum atomic E-state index is -5.16. The van der Waals surface area contributed by atoms with Crippen LogP contribution in [0.5, 0.6) is 0 Å². The van der Waals surface area contributed by atoms with Crippen LogP contribution >= 0.6 is 0 Å². The zero-order valence-electron chi connectivity index (χ0n) is 12.7. The first-order chi connectivity index (χ1) is 11.8. The van der Waals surface area contributed by atoms with Crippen LogP contribution in [0, 0.1) is 0 Å². The molecule has 2 aromatic carbocycles. The number of rotatable bonds is 4. The largest absolute Gasteiger partial charge is 0.416 e. The molecular weight excluding hydrogens is 388 g/mol. The summed E-state index contributed by atoms with van der Waals surface area (Å²) >= 11 is 0. The lowest BCUT2D eigenvalue weighted by molar-refractivity contribution is -0.143. The highest BCUT2D eigenvalue weighted by molar-refractivity contribution is 7.92. The van der Waals surface area contributed by atoms with Crippen molar-refractivity contribution < 1.29 is 39.9 Å². The molecule has 0 saturated heterocycles. The second-order valence-electron chi connectivity index (χ2n) is 5.21. The smallest absolute Gasteiger partial charge is 0.392 e. The standard InChI is InChI=1S/C15H11F6NO3S/c16-14(17,18)10-5-11(15(19,20)21)7-13(6-10)26(24,25)22-12-3-1-2-9(4-12)8-23/h1-7,22-23H,8H2. The van der Waals surface area contributed by atoms with Crippen LogP contribution in [-0.4, -0.2) is 13.5 Å². The highest BCUT2D eigenvalue weighted by atomic mass is 32.2. The van der Waals surface area contributed by atoms with E-state index in [-0.39, 0.29) is 23.9 Å². The number of hydrogen-bond donors (Lipinski definition) is 2. The molecule has 142 valence electrons. The molecule has 0 radical (unpaired) electrons. The number of alkyl halides is 6. The molecule has 0 aliphatic carbocycles. The van der Waals surface area contributed by atoms with Gasteiger partial charge in [0, 0.05) is 5.69 Å². The first kappa shape index (κ1) is 20.0. The summed E-state index contributed by atoms with van der Waals surface area (Å²) in [6.45, 7) is -0.433. The van der Waals surface area contributed by atoms with Gasteiger partial charge in [-0.25, -0.2) is 8.42 Å². The van der Waals surface area contributed by atoms with Crippen molar-refractivity contribution in [3.05, 3.63) is 59.2 Å². The van der Waals surface area contributed by atoms with E-state index in [0.717, 1.165) is 0 Å². The van der Waals surface area contributed by atoms with Gasteiger partial charge in [0.15, 0.2) is 0 Å². The maximum Gasteiger partial charge on any atom is 0.416 e. The second kappa shape index (κ2) is 6.80. The van der Waals surface area contributed by atoms with Crippen LogP contribution in [-0.2, 0) is 29.0 Å². The summed E-state index contributed by atoms with van der Waals surface area (Å²) < 4.78 is 103. The van der Waals surface area contributed by atoms with Crippen LogP contribution in [0.25, 0.3) is 0 Å². The maximum atomic E-state index is 12.8. The highest BCUT2D eigenvalue weighted by Crippen LogP contribution is 2.37. The van der Waals surface area contributed by atoms with Crippen molar-refractivity contribution in [2.45, 2.75) is 23.9 Å².